The second kappa shape index (κ2) is 5.68. The van der Waals surface area contributed by atoms with Crippen LogP contribution >= 0.6 is 23.2 Å². The van der Waals surface area contributed by atoms with Gasteiger partial charge in [0.15, 0.2) is 0 Å². The van der Waals surface area contributed by atoms with Crippen molar-refractivity contribution in [3.05, 3.63) is 40.0 Å². The van der Waals surface area contributed by atoms with Gasteiger partial charge in [-0.2, -0.15) is 0 Å². The quantitative estimate of drug-likeness (QED) is 0.916. The van der Waals surface area contributed by atoms with E-state index in [2.05, 4.69) is 4.98 Å². The monoisotopic (exact) mass is 296 g/mol. The van der Waals surface area contributed by atoms with Crippen LogP contribution in [0.25, 0.3) is 11.1 Å². The number of aromatic nitrogens is 1. The molecule has 0 amide bonds. The highest BCUT2D eigenvalue weighted by atomic mass is 35.5. The van der Waals surface area contributed by atoms with Crippen LogP contribution in [-0.4, -0.2) is 11.6 Å². The summed E-state index contributed by atoms with van der Waals surface area (Å²) in [5, 5.41) is 1.10. The van der Waals surface area contributed by atoms with Gasteiger partial charge in [-0.1, -0.05) is 23.2 Å². The summed E-state index contributed by atoms with van der Waals surface area (Å²) in [5.74, 6) is 1.06. The Bertz CT molecular complexity index is 615. The Morgan fingerprint density at radius 3 is 2.53 bits per heavy atom. The molecule has 1 aromatic heterocycles. The minimum atomic E-state index is 0.481. The van der Waals surface area contributed by atoms with Crippen molar-refractivity contribution in [2.24, 2.45) is 0 Å². The highest BCUT2D eigenvalue weighted by Gasteiger charge is 2.12. The van der Waals surface area contributed by atoms with Crippen molar-refractivity contribution >= 4 is 29.0 Å². The number of benzene rings is 1. The summed E-state index contributed by atoms with van der Waals surface area (Å²) in [4.78, 5) is 4.22. The topological polar surface area (TPSA) is 48.1 Å². The standard InChI is InChI=1S/C14H14Cl2N2O/c1-3-19-13-7-11(15)10(6-12(13)16)9-4-5-14(17)18-8(9)2/h4-7H,3H2,1-2H3,(H2,17,18). The zero-order valence-electron chi connectivity index (χ0n) is 10.7. The van der Waals surface area contributed by atoms with E-state index in [1.807, 2.05) is 19.9 Å². The number of nitrogen functional groups attached to an aromatic ring is 1. The third-order valence-electron chi connectivity index (χ3n) is 2.72. The van der Waals surface area contributed by atoms with E-state index in [4.69, 9.17) is 33.7 Å². The number of hydrogen-bond acceptors (Lipinski definition) is 3. The molecule has 0 aliphatic rings. The molecule has 3 nitrogen and oxygen atoms in total. The Morgan fingerprint density at radius 2 is 1.89 bits per heavy atom. The van der Waals surface area contributed by atoms with Crippen molar-refractivity contribution in [1.29, 1.82) is 0 Å². The van der Waals surface area contributed by atoms with Gasteiger partial charge in [0, 0.05) is 22.9 Å². The van der Waals surface area contributed by atoms with Crippen LogP contribution in [0.5, 0.6) is 5.75 Å². The number of nitrogens with zero attached hydrogens (tertiary/aromatic N) is 1. The molecule has 0 atom stereocenters. The van der Waals surface area contributed by atoms with E-state index < -0.39 is 0 Å². The molecule has 0 fully saturated rings. The molecule has 0 unspecified atom stereocenters. The van der Waals surface area contributed by atoms with E-state index in [-0.39, 0.29) is 0 Å². The van der Waals surface area contributed by atoms with Crippen LogP contribution in [0.2, 0.25) is 10.0 Å². The highest BCUT2D eigenvalue weighted by Crippen LogP contribution is 2.37. The summed E-state index contributed by atoms with van der Waals surface area (Å²) in [6.07, 6.45) is 0. The number of pyridine rings is 1. The Morgan fingerprint density at radius 1 is 1.16 bits per heavy atom. The van der Waals surface area contributed by atoms with Gasteiger partial charge in [-0.25, -0.2) is 4.98 Å². The maximum atomic E-state index is 6.29. The molecule has 0 aliphatic heterocycles. The predicted molar refractivity (Wildman–Crippen MR) is 80.0 cm³/mol. The number of hydrogen-bond donors (Lipinski definition) is 1. The van der Waals surface area contributed by atoms with Gasteiger partial charge < -0.3 is 10.5 Å². The van der Waals surface area contributed by atoms with Gasteiger partial charge in [-0.3, -0.25) is 0 Å². The molecular weight excluding hydrogens is 283 g/mol. The largest absolute Gasteiger partial charge is 0.492 e. The lowest BCUT2D eigenvalue weighted by Crippen LogP contribution is -1.96. The summed E-state index contributed by atoms with van der Waals surface area (Å²) in [7, 11) is 0. The summed E-state index contributed by atoms with van der Waals surface area (Å²) in [6, 6.07) is 7.13. The van der Waals surface area contributed by atoms with Crippen LogP contribution < -0.4 is 10.5 Å². The van der Waals surface area contributed by atoms with Crippen LogP contribution in [0.1, 0.15) is 12.6 Å². The Labute approximate surface area is 122 Å². The van der Waals surface area contributed by atoms with Gasteiger partial charge in [-0.15, -0.1) is 0 Å². The molecule has 19 heavy (non-hydrogen) atoms. The van der Waals surface area contributed by atoms with Crippen LogP contribution in [0.4, 0.5) is 5.82 Å². The van der Waals surface area contributed by atoms with Crippen LogP contribution in [0, 0.1) is 6.92 Å². The number of ether oxygens (including phenoxy) is 1. The van der Waals surface area contributed by atoms with E-state index in [0.717, 1.165) is 16.8 Å². The molecule has 0 radical (unpaired) electrons. The summed E-state index contributed by atoms with van der Waals surface area (Å²) in [5.41, 5.74) is 8.18. The van der Waals surface area contributed by atoms with Gasteiger partial charge >= 0.3 is 0 Å². The van der Waals surface area contributed by atoms with Gasteiger partial charge in [0.2, 0.25) is 0 Å². The van der Waals surface area contributed by atoms with Crippen LogP contribution in [0.15, 0.2) is 24.3 Å². The van der Waals surface area contributed by atoms with Crippen molar-refractivity contribution in [3.63, 3.8) is 0 Å². The van der Waals surface area contributed by atoms with Crippen molar-refractivity contribution in [1.82, 2.24) is 4.98 Å². The first-order valence-electron chi connectivity index (χ1n) is 5.88. The summed E-state index contributed by atoms with van der Waals surface area (Å²) in [6.45, 7) is 4.32. The van der Waals surface area contributed by atoms with E-state index in [9.17, 15) is 0 Å². The summed E-state index contributed by atoms with van der Waals surface area (Å²) < 4.78 is 5.41. The minimum absolute atomic E-state index is 0.481. The van der Waals surface area contributed by atoms with Crippen molar-refractivity contribution < 1.29 is 4.74 Å². The molecule has 0 aliphatic carbocycles. The lowest BCUT2D eigenvalue weighted by molar-refractivity contribution is 0.340. The Balaban J connectivity index is 2.53. The molecule has 100 valence electrons. The fourth-order valence-corrected chi connectivity index (χ4v) is 2.34. The van der Waals surface area contributed by atoms with Gasteiger partial charge in [0.1, 0.15) is 11.6 Å². The fourth-order valence-electron chi connectivity index (χ4n) is 1.87. The zero-order valence-corrected chi connectivity index (χ0v) is 12.2. The molecule has 0 bridgehead atoms. The molecule has 1 aromatic carbocycles. The van der Waals surface area contributed by atoms with E-state index in [1.54, 1.807) is 18.2 Å². The lowest BCUT2D eigenvalue weighted by Gasteiger charge is -2.12. The number of nitrogens with two attached hydrogens (primary N) is 1. The number of anilines is 1. The third kappa shape index (κ3) is 2.94. The van der Waals surface area contributed by atoms with Crippen molar-refractivity contribution in [2.45, 2.75) is 13.8 Å². The molecular formula is C14H14Cl2N2O. The molecule has 5 heteroatoms. The molecule has 2 aromatic rings. The van der Waals surface area contributed by atoms with Gasteiger partial charge in [0.25, 0.3) is 0 Å². The normalized spacial score (nSPS) is 10.5. The SMILES string of the molecule is CCOc1cc(Cl)c(-c2ccc(N)nc2C)cc1Cl. The number of halogens is 2. The first kappa shape index (κ1) is 14.0. The molecule has 1 heterocycles. The van der Waals surface area contributed by atoms with Crippen LogP contribution in [-0.2, 0) is 0 Å². The second-order valence-electron chi connectivity index (χ2n) is 4.06. The smallest absolute Gasteiger partial charge is 0.139 e. The van der Waals surface area contributed by atoms with Crippen LogP contribution in [0.3, 0.4) is 0 Å². The predicted octanol–water partition coefficient (Wildman–Crippen LogP) is 4.34. The molecule has 0 spiro atoms. The average molecular weight is 297 g/mol. The number of aryl methyl sites for hydroxylation is 1. The maximum absolute atomic E-state index is 6.29. The Hall–Kier alpha value is -1.45. The molecule has 2 N–H and O–H groups in total. The summed E-state index contributed by atoms with van der Waals surface area (Å²) >= 11 is 12.5. The Kier molecular flexibility index (Phi) is 4.17. The maximum Gasteiger partial charge on any atom is 0.139 e. The van der Waals surface area contributed by atoms with Gasteiger partial charge in [-0.05, 0) is 32.0 Å². The lowest BCUT2D eigenvalue weighted by atomic mass is 10.0. The average Bonchev–Trinajstić information content (AvgIpc) is 2.34. The highest BCUT2D eigenvalue weighted by molar-refractivity contribution is 6.36. The molecule has 0 saturated carbocycles. The minimum Gasteiger partial charge on any atom is -0.492 e. The molecule has 2 rings (SSSR count). The van der Waals surface area contributed by atoms with Gasteiger partial charge in [0.05, 0.1) is 16.7 Å². The van der Waals surface area contributed by atoms with E-state index in [1.165, 1.54) is 0 Å². The van der Waals surface area contributed by atoms with E-state index in [0.29, 0.717) is 28.2 Å². The second-order valence-corrected chi connectivity index (χ2v) is 4.88. The first-order valence-corrected chi connectivity index (χ1v) is 6.64. The third-order valence-corrected chi connectivity index (χ3v) is 3.33. The zero-order chi connectivity index (χ0) is 14.0. The molecule has 0 saturated heterocycles. The van der Waals surface area contributed by atoms with Crippen molar-refractivity contribution in [3.8, 4) is 16.9 Å². The fraction of sp³-hybridized carbons (Fsp3) is 0.214. The number of rotatable bonds is 3. The van der Waals surface area contributed by atoms with E-state index >= 15 is 0 Å². The first-order chi connectivity index (χ1) is 9.02. The van der Waals surface area contributed by atoms with Crippen molar-refractivity contribution in [2.75, 3.05) is 12.3 Å².